The molecule has 130 valence electrons. The Kier molecular flexibility index (Phi) is 4.76. The molecule has 2 heterocycles. The van der Waals surface area contributed by atoms with Crippen LogP contribution < -0.4 is 5.32 Å². The predicted molar refractivity (Wildman–Crippen MR) is 94.1 cm³/mol. The van der Waals surface area contributed by atoms with Crippen LogP contribution in [-0.2, 0) is 4.79 Å². The summed E-state index contributed by atoms with van der Waals surface area (Å²) in [6, 6.07) is 8.31. The van der Waals surface area contributed by atoms with Crippen LogP contribution in [0.4, 0.5) is 0 Å². The second-order valence-electron chi connectivity index (χ2n) is 5.94. The lowest BCUT2D eigenvalue weighted by Gasteiger charge is -2.15. The van der Waals surface area contributed by atoms with Gasteiger partial charge in [0.25, 0.3) is 11.8 Å². The number of hydrogen-bond acceptors (Lipinski definition) is 4. The number of aryl methyl sites for hydroxylation is 1. The number of rotatable bonds is 5. The van der Waals surface area contributed by atoms with Crippen molar-refractivity contribution in [2.75, 3.05) is 6.54 Å². The summed E-state index contributed by atoms with van der Waals surface area (Å²) in [7, 11) is 0. The number of carbonyl (C=O) groups is 3. The third-order valence-corrected chi connectivity index (χ3v) is 4.55. The maximum atomic E-state index is 12.4. The number of hydrogen-bond donors (Lipinski definition) is 1. The van der Waals surface area contributed by atoms with Gasteiger partial charge in [0.05, 0.1) is 17.2 Å². The molecule has 1 aliphatic rings. The third-order valence-electron chi connectivity index (χ3n) is 4.06. The Labute approximate surface area is 153 Å². The van der Waals surface area contributed by atoms with Crippen LogP contribution in [0.5, 0.6) is 0 Å². The molecule has 1 aromatic heterocycles. The number of imide groups is 1. The molecule has 0 saturated heterocycles. The fourth-order valence-electron chi connectivity index (χ4n) is 2.75. The maximum absolute atomic E-state index is 12.4. The fraction of sp³-hybridized carbons (Fsp3) is 0.278. The molecule has 1 N–H and O–H groups in total. The monoisotopic (exact) mass is 404 g/mol. The standard InChI is InChI=1S/C18H17BrN2O4/c1-10-3-6-15(25-10)11(2)20-16(22)7-8-21-17(23)13-5-4-12(19)9-14(13)18(21)24/h3-6,9,11H,7-8H2,1-2H3,(H,20,22). The highest BCUT2D eigenvalue weighted by Gasteiger charge is 2.35. The van der Waals surface area contributed by atoms with Crippen molar-refractivity contribution in [3.63, 3.8) is 0 Å². The van der Waals surface area contributed by atoms with E-state index in [1.807, 2.05) is 26.0 Å². The van der Waals surface area contributed by atoms with E-state index in [0.29, 0.717) is 16.9 Å². The van der Waals surface area contributed by atoms with Gasteiger partial charge in [0, 0.05) is 17.4 Å². The maximum Gasteiger partial charge on any atom is 0.261 e. The average Bonchev–Trinajstić information content (AvgIpc) is 3.09. The van der Waals surface area contributed by atoms with Gasteiger partial charge in [-0.25, -0.2) is 0 Å². The van der Waals surface area contributed by atoms with Crippen molar-refractivity contribution in [3.8, 4) is 0 Å². The Morgan fingerprint density at radius 1 is 1.20 bits per heavy atom. The van der Waals surface area contributed by atoms with E-state index in [-0.39, 0.29) is 36.7 Å². The summed E-state index contributed by atoms with van der Waals surface area (Å²) in [5.74, 6) is 0.447. The summed E-state index contributed by atoms with van der Waals surface area (Å²) >= 11 is 3.29. The van der Waals surface area contributed by atoms with E-state index >= 15 is 0 Å². The summed E-state index contributed by atoms with van der Waals surface area (Å²) in [5.41, 5.74) is 0.729. The van der Waals surface area contributed by atoms with Crippen LogP contribution in [-0.4, -0.2) is 29.2 Å². The largest absolute Gasteiger partial charge is 0.464 e. The second kappa shape index (κ2) is 6.84. The molecule has 0 saturated carbocycles. The average molecular weight is 405 g/mol. The van der Waals surface area contributed by atoms with Gasteiger partial charge in [-0.1, -0.05) is 15.9 Å². The molecule has 1 atom stereocenters. The zero-order valence-corrected chi connectivity index (χ0v) is 15.4. The van der Waals surface area contributed by atoms with Crippen LogP contribution in [0.1, 0.15) is 51.6 Å². The van der Waals surface area contributed by atoms with Gasteiger partial charge in [0.2, 0.25) is 5.91 Å². The van der Waals surface area contributed by atoms with Crippen LogP contribution in [0.3, 0.4) is 0 Å². The highest BCUT2D eigenvalue weighted by Crippen LogP contribution is 2.26. The van der Waals surface area contributed by atoms with E-state index in [0.717, 1.165) is 15.1 Å². The smallest absolute Gasteiger partial charge is 0.261 e. The first-order chi connectivity index (χ1) is 11.9. The van der Waals surface area contributed by atoms with Crippen molar-refractivity contribution in [3.05, 3.63) is 57.5 Å². The quantitative estimate of drug-likeness (QED) is 0.775. The van der Waals surface area contributed by atoms with Crippen molar-refractivity contribution < 1.29 is 18.8 Å². The number of furan rings is 1. The predicted octanol–water partition coefficient (Wildman–Crippen LogP) is 3.21. The van der Waals surface area contributed by atoms with E-state index in [1.165, 1.54) is 0 Å². The van der Waals surface area contributed by atoms with E-state index in [1.54, 1.807) is 18.2 Å². The van der Waals surface area contributed by atoms with Gasteiger partial charge in [-0.3, -0.25) is 19.3 Å². The molecular formula is C18H17BrN2O4. The molecule has 25 heavy (non-hydrogen) atoms. The van der Waals surface area contributed by atoms with Crippen molar-refractivity contribution in [1.29, 1.82) is 0 Å². The molecule has 0 bridgehead atoms. The van der Waals surface area contributed by atoms with Crippen molar-refractivity contribution >= 4 is 33.7 Å². The van der Waals surface area contributed by atoms with E-state index < -0.39 is 0 Å². The highest BCUT2D eigenvalue weighted by atomic mass is 79.9. The minimum atomic E-state index is -0.371. The van der Waals surface area contributed by atoms with Crippen LogP contribution in [0.2, 0.25) is 0 Å². The molecule has 1 unspecified atom stereocenters. The Hall–Kier alpha value is -2.41. The molecule has 6 nitrogen and oxygen atoms in total. The molecule has 0 fully saturated rings. The minimum absolute atomic E-state index is 0.0384. The Balaban J connectivity index is 1.59. The summed E-state index contributed by atoms with van der Waals surface area (Å²) in [5, 5.41) is 2.80. The lowest BCUT2D eigenvalue weighted by Crippen LogP contribution is -2.35. The zero-order valence-electron chi connectivity index (χ0n) is 13.8. The molecule has 1 aliphatic heterocycles. The van der Waals surface area contributed by atoms with Gasteiger partial charge in [0.1, 0.15) is 11.5 Å². The molecule has 2 aromatic rings. The van der Waals surface area contributed by atoms with Crippen molar-refractivity contribution in [1.82, 2.24) is 10.2 Å². The number of fused-ring (bicyclic) bond motifs is 1. The van der Waals surface area contributed by atoms with Crippen LogP contribution >= 0.6 is 15.9 Å². The number of amides is 3. The highest BCUT2D eigenvalue weighted by molar-refractivity contribution is 9.10. The number of carbonyl (C=O) groups excluding carboxylic acids is 3. The summed E-state index contributed by atoms with van der Waals surface area (Å²) in [4.78, 5) is 37.9. The van der Waals surface area contributed by atoms with Crippen LogP contribution in [0, 0.1) is 6.92 Å². The molecular weight excluding hydrogens is 388 g/mol. The summed E-state index contributed by atoms with van der Waals surface area (Å²) in [6.45, 7) is 3.69. The van der Waals surface area contributed by atoms with Crippen LogP contribution in [0.25, 0.3) is 0 Å². The first-order valence-corrected chi connectivity index (χ1v) is 8.67. The normalized spacial score (nSPS) is 14.6. The number of nitrogens with zero attached hydrogens (tertiary/aromatic N) is 1. The molecule has 3 rings (SSSR count). The second-order valence-corrected chi connectivity index (χ2v) is 6.86. The van der Waals surface area contributed by atoms with E-state index in [9.17, 15) is 14.4 Å². The van der Waals surface area contributed by atoms with Gasteiger partial charge in [-0.15, -0.1) is 0 Å². The van der Waals surface area contributed by atoms with Gasteiger partial charge in [-0.2, -0.15) is 0 Å². The van der Waals surface area contributed by atoms with E-state index in [2.05, 4.69) is 21.2 Å². The number of halogens is 1. The topological polar surface area (TPSA) is 79.6 Å². The van der Waals surface area contributed by atoms with E-state index in [4.69, 9.17) is 4.42 Å². The SMILES string of the molecule is Cc1ccc(C(C)NC(=O)CCN2C(=O)c3ccc(Br)cc3C2=O)o1. The molecule has 3 amide bonds. The van der Waals surface area contributed by atoms with Crippen molar-refractivity contribution in [2.24, 2.45) is 0 Å². The summed E-state index contributed by atoms with van der Waals surface area (Å²) < 4.78 is 6.20. The number of benzene rings is 1. The molecule has 7 heteroatoms. The molecule has 1 aromatic carbocycles. The minimum Gasteiger partial charge on any atom is -0.464 e. The fourth-order valence-corrected chi connectivity index (χ4v) is 3.11. The van der Waals surface area contributed by atoms with Gasteiger partial charge >= 0.3 is 0 Å². The first-order valence-electron chi connectivity index (χ1n) is 7.88. The Bertz CT molecular complexity index is 859. The van der Waals surface area contributed by atoms with Gasteiger partial charge < -0.3 is 9.73 Å². The molecule has 0 aliphatic carbocycles. The Morgan fingerprint density at radius 3 is 2.60 bits per heavy atom. The summed E-state index contributed by atoms with van der Waals surface area (Å²) in [6.07, 6.45) is 0.0384. The number of nitrogens with one attached hydrogen (secondary N) is 1. The molecule has 0 radical (unpaired) electrons. The molecule has 0 spiro atoms. The first kappa shape index (κ1) is 17.4. The third kappa shape index (κ3) is 3.51. The van der Waals surface area contributed by atoms with Gasteiger partial charge in [0.15, 0.2) is 0 Å². The van der Waals surface area contributed by atoms with Gasteiger partial charge in [-0.05, 0) is 44.2 Å². The zero-order chi connectivity index (χ0) is 18.1. The lowest BCUT2D eigenvalue weighted by molar-refractivity contribution is -0.121. The van der Waals surface area contributed by atoms with Crippen molar-refractivity contribution in [2.45, 2.75) is 26.3 Å². The lowest BCUT2D eigenvalue weighted by atomic mass is 10.1. The Morgan fingerprint density at radius 2 is 1.92 bits per heavy atom. The van der Waals surface area contributed by atoms with Crippen LogP contribution in [0.15, 0.2) is 39.2 Å².